The lowest BCUT2D eigenvalue weighted by atomic mass is 10.1. The highest BCUT2D eigenvalue weighted by atomic mass is 16.4. The van der Waals surface area contributed by atoms with Gasteiger partial charge in [0.15, 0.2) is 0 Å². The maximum atomic E-state index is 11.6. The average Bonchev–Trinajstić information content (AvgIpc) is 2.42. The molecule has 104 valence electrons. The van der Waals surface area contributed by atoms with Gasteiger partial charge in [0, 0.05) is 13.0 Å². The average molecular weight is 266 g/mol. The van der Waals surface area contributed by atoms with Crippen LogP contribution in [-0.4, -0.2) is 34.7 Å². The molecular weight excluding hydrogens is 248 g/mol. The van der Waals surface area contributed by atoms with E-state index < -0.39 is 24.0 Å². The lowest BCUT2D eigenvalue weighted by Gasteiger charge is -2.15. The largest absolute Gasteiger partial charge is 0.481 e. The number of carboxylic acid groups (broad SMARTS) is 1. The standard InChI is InChI=1S/C13H18N2O4/c14-10(6-7-12(17)18)13(19)15-8-11(16)9-4-2-1-3-5-9/h1-5,10-11,16H,6-8,14H2,(H,15,19)(H,17,18). The SMILES string of the molecule is NC(CCC(=O)O)C(=O)NCC(O)c1ccccc1. The Balaban J connectivity index is 2.35. The second-order valence-corrected chi connectivity index (χ2v) is 4.21. The quantitative estimate of drug-likeness (QED) is 0.556. The van der Waals surface area contributed by atoms with Crippen LogP contribution in [0.3, 0.4) is 0 Å². The normalized spacial score (nSPS) is 13.6. The topological polar surface area (TPSA) is 113 Å². The van der Waals surface area contributed by atoms with Crippen molar-refractivity contribution in [3.05, 3.63) is 35.9 Å². The molecule has 0 saturated heterocycles. The zero-order valence-corrected chi connectivity index (χ0v) is 10.5. The molecule has 1 rings (SSSR count). The summed E-state index contributed by atoms with van der Waals surface area (Å²) in [7, 11) is 0. The Kier molecular flexibility index (Phi) is 5.98. The molecule has 1 amide bonds. The first kappa shape index (κ1) is 15.1. The van der Waals surface area contributed by atoms with Crippen LogP contribution >= 0.6 is 0 Å². The van der Waals surface area contributed by atoms with Gasteiger partial charge >= 0.3 is 5.97 Å². The summed E-state index contributed by atoms with van der Waals surface area (Å²) in [6.07, 6.45) is -0.893. The second-order valence-electron chi connectivity index (χ2n) is 4.21. The fourth-order valence-corrected chi connectivity index (χ4v) is 1.53. The molecule has 0 spiro atoms. The van der Waals surface area contributed by atoms with Gasteiger partial charge in [0.25, 0.3) is 0 Å². The minimum absolute atomic E-state index is 0.0453. The third kappa shape index (κ3) is 5.50. The van der Waals surface area contributed by atoms with E-state index in [2.05, 4.69) is 5.32 Å². The first-order chi connectivity index (χ1) is 9.00. The summed E-state index contributed by atoms with van der Waals surface area (Å²) in [5, 5.41) is 20.8. The monoisotopic (exact) mass is 266 g/mol. The third-order valence-electron chi connectivity index (χ3n) is 2.66. The van der Waals surface area contributed by atoms with Crippen LogP contribution in [0, 0.1) is 0 Å². The van der Waals surface area contributed by atoms with Gasteiger partial charge < -0.3 is 21.3 Å². The minimum Gasteiger partial charge on any atom is -0.481 e. The van der Waals surface area contributed by atoms with Crippen molar-refractivity contribution in [2.45, 2.75) is 25.0 Å². The van der Waals surface area contributed by atoms with Gasteiger partial charge in [0.05, 0.1) is 12.1 Å². The molecule has 2 atom stereocenters. The van der Waals surface area contributed by atoms with Gasteiger partial charge in [0.1, 0.15) is 0 Å². The number of carbonyl (C=O) groups is 2. The smallest absolute Gasteiger partial charge is 0.303 e. The lowest BCUT2D eigenvalue weighted by molar-refractivity contribution is -0.137. The number of aliphatic hydroxyl groups excluding tert-OH is 1. The van der Waals surface area contributed by atoms with Gasteiger partial charge in [0.2, 0.25) is 5.91 Å². The molecule has 6 heteroatoms. The highest BCUT2D eigenvalue weighted by molar-refractivity contribution is 5.82. The molecule has 0 fully saturated rings. The number of rotatable bonds is 7. The Morgan fingerprint density at radius 3 is 2.47 bits per heavy atom. The number of nitrogens with one attached hydrogen (secondary N) is 1. The van der Waals surface area contributed by atoms with E-state index in [9.17, 15) is 14.7 Å². The van der Waals surface area contributed by atoms with Crippen LogP contribution in [0.25, 0.3) is 0 Å². The van der Waals surface area contributed by atoms with Gasteiger partial charge in [-0.3, -0.25) is 9.59 Å². The van der Waals surface area contributed by atoms with E-state index in [4.69, 9.17) is 10.8 Å². The summed E-state index contributed by atoms with van der Waals surface area (Å²) in [5.74, 6) is -1.45. The lowest BCUT2D eigenvalue weighted by Crippen LogP contribution is -2.42. The summed E-state index contributed by atoms with van der Waals surface area (Å²) in [6.45, 7) is 0.0453. The van der Waals surface area contributed by atoms with E-state index in [1.807, 2.05) is 6.07 Å². The summed E-state index contributed by atoms with van der Waals surface area (Å²) in [5.41, 5.74) is 6.23. The number of carbonyl (C=O) groups excluding carboxylic acids is 1. The van der Waals surface area contributed by atoms with Gasteiger partial charge in [-0.25, -0.2) is 0 Å². The molecule has 0 saturated carbocycles. The Morgan fingerprint density at radius 2 is 1.89 bits per heavy atom. The molecule has 1 aromatic carbocycles. The zero-order valence-electron chi connectivity index (χ0n) is 10.5. The van der Waals surface area contributed by atoms with Crippen LogP contribution in [0.4, 0.5) is 0 Å². The van der Waals surface area contributed by atoms with Crippen LogP contribution in [0.5, 0.6) is 0 Å². The van der Waals surface area contributed by atoms with Crippen molar-refractivity contribution in [1.29, 1.82) is 0 Å². The molecule has 0 aliphatic heterocycles. The van der Waals surface area contributed by atoms with E-state index in [1.165, 1.54) is 0 Å². The van der Waals surface area contributed by atoms with E-state index in [0.717, 1.165) is 0 Å². The molecule has 2 unspecified atom stereocenters. The number of amides is 1. The number of nitrogens with two attached hydrogens (primary N) is 1. The third-order valence-corrected chi connectivity index (χ3v) is 2.66. The van der Waals surface area contributed by atoms with Crippen LogP contribution in [0.2, 0.25) is 0 Å². The Morgan fingerprint density at radius 1 is 1.26 bits per heavy atom. The van der Waals surface area contributed by atoms with E-state index in [0.29, 0.717) is 5.56 Å². The highest BCUT2D eigenvalue weighted by Crippen LogP contribution is 2.10. The number of benzene rings is 1. The van der Waals surface area contributed by atoms with Crippen molar-refractivity contribution in [2.24, 2.45) is 5.73 Å². The number of hydrogen-bond acceptors (Lipinski definition) is 4. The Bertz CT molecular complexity index is 422. The summed E-state index contributed by atoms with van der Waals surface area (Å²) < 4.78 is 0. The molecule has 0 bridgehead atoms. The van der Waals surface area contributed by atoms with Crippen molar-refractivity contribution in [3.63, 3.8) is 0 Å². The molecule has 1 aromatic rings. The molecule has 6 nitrogen and oxygen atoms in total. The molecule has 0 aliphatic rings. The predicted molar refractivity (Wildman–Crippen MR) is 69.3 cm³/mol. The van der Waals surface area contributed by atoms with Crippen LogP contribution in [0.1, 0.15) is 24.5 Å². The minimum atomic E-state index is -0.993. The van der Waals surface area contributed by atoms with Gasteiger partial charge in [-0.05, 0) is 12.0 Å². The highest BCUT2D eigenvalue weighted by Gasteiger charge is 2.16. The van der Waals surface area contributed by atoms with Crippen molar-refractivity contribution in [2.75, 3.05) is 6.54 Å². The maximum absolute atomic E-state index is 11.6. The summed E-state index contributed by atoms with van der Waals surface area (Å²) >= 11 is 0. The van der Waals surface area contributed by atoms with Crippen molar-refractivity contribution in [1.82, 2.24) is 5.32 Å². The van der Waals surface area contributed by atoms with E-state index in [1.54, 1.807) is 24.3 Å². The van der Waals surface area contributed by atoms with Crippen LogP contribution in [0.15, 0.2) is 30.3 Å². The number of aliphatic carboxylic acids is 1. The first-order valence-electron chi connectivity index (χ1n) is 5.99. The van der Waals surface area contributed by atoms with Gasteiger partial charge in [-0.15, -0.1) is 0 Å². The van der Waals surface area contributed by atoms with Gasteiger partial charge in [-0.1, -0.05) is 30.3 Å². The second kappa shape index (κ2) is 7.50. The van der Waals surface area contributed by atoms with Crippen molar-refractivity contribution >= 4 is 11.9 Å². The molecule has 0 heterocycles. The van der Waals surface area contributed by atoms with E-state index >= 15 is 0 Å². The zero-order chi connectivity index (χ0) is 14.3. The number of hydrogen-bond donors (Lipinski definition) is 4. The Labute approximate surface area is 111 Å². The Hall–Kier alpha value is -1.92. The fraction of sp³-hybridized carbons (Fsp3) is 0.385. The first-order valence-corrected chi connectivity index (χ1v) is 5.99. The number of aliphatic hydroxyl groups is 1. The van der Waals surface area contributed by atoms with Crippen LogP contribution < -0.4 is 11.1 Å². The molecule has 0 radical (unpaired) electrons. The van der Waals surface area contributed by atoms with Crippen LogP contribution in [-0.2, 0) is 9.59 Å². The molecule has 0 aromatic heterocycles. The summed E-state index contributed by atoms with van der Waals surface area (Å²) in [4.78, 5) is 21.9. The molecule has 5 N–H and O–H groups in total. The van der Waals surface area contributed by atoms with Crippen molar-refractivity contribution < 1.29 is 19.8 Å². The number of carboxylic acids is 1. The van der Waals surface area contributed by atoms with Gasteiger partial charge in [-0.2, -0.15) is 0 Å². The molecular formula is C13H18N2O4. The molecule has 0 aliphatic carbocycles. The fourth-order valence-electron chi connectivity index (χ4n) is 1.53. The summed E-state index contributed by atoms with van der Waals surface area (Å²) in [6, 6.07) is 8.04. The molecule has 19 heavy (non-hydrogen) atoms. The maximum Gasteiger partial charge on any atom is 0.303 e. The van der Waals surface area contributed by atoms with E-state index in [-0.39, 0.29) is 19.4 Å². The van der Waals surface area contributed by atoms with Crippen molar-refractivity contribution in [3.8, 4) is 0 Å². The predicted octanol–water partition coefficient (Wildman–Crippen LogP) is 0.0283.